The maximum atomic E-state index is 13.9. The van der Waals surface area contributed by atoms with Crippen LogP contribution in [0.2, 0.25) is 0 Å². The van der Waals surface area contributed by atoms with Gasteiger partial charge < -0.3 is 4.74 Å². The van der Waals surface area contributed by atoms with Crippen molar-refractivity contribution < 1.29 is 18.3 Å². The zero-order valence-corrected chi connectivity index (χ0v) is 13.9. The van der Waals surface area contributed by atoms with Crippen LogP contribution in [0, 0.1) is 23.5 Å². The fourth-order valence-electron chi connectivity index (χ4n) is 3.79. The number of nitrogens with zero attached hydrogens (tertiary/aromatic N) is 5. The summed E-state index contributed by atoms with van der Waals surface area (Å²) >= 11 is 0. The van der Waals surface area contributed by atoms with Crippen molar-refractivity contribution in [3.63, 3.8) is 0 Å². The molecule has 1 aromatic carbocycles. The predicted octanol–water partition coefficient (Wildman–Crippen LogP) is 0.944. The highest BCUT2D eigenvalue weighted by Crippen LogP contribution is 2.53. The predicted molar refractivity (Wildman–Crippen MR) is 87.3 cm³/mol. The zero-order chi connectivity index (χ0) is 18.7. The second-order valence-corrected chi connectivity index (χ2v) is 6.75. The van der Waals surface area contributed by atoms with Crippen molar-refractivity contribution in [3.8, 4) is 0 Å². The fraction of sp³-hybridized carbons (Fsp3) is 0.353. The van der Waals surface area contributed by atoms with E-state index < -0.39 is 17.2 Å². The lowest BCUT2D eigenvalue weighted by molar-refractivity contribution is 0.111. The van der Waals surface area contributed by atoms with Gasteiger partial charge in [-0.1, -0.05) is 11.3 Å². The van der Waals surface area contributed by atoms with Crippen LogP contribution in [0.4, 0.5) is 8.78 Å². The standard InChI is InChI=1S/C17H13F2N5O3/c18-11-2-1-3-12(19)8(11)4-23-13(5-25)14-15(21-23)17(26)24(22-20-14)16-9-6-27-7-10(9)16/h1-3,5,9-10,16H,4,6-7H2/t9-,10+,16-. The molecule has 0 radical (unpaired) electrons. The van der Waals surface area contributed by atoms with E-state index >= 15 is 0 Å². The molecule has 1 saturated carbocycles. The molecule has 0 amide bonds. The number of hydrogen-bond acceptors (Lipinski definition) is 6. The summed E-state index contributed by atoms with van der Waals surface area (Å²) in [6.07, 6.45) is 0.451. The summed E-state index contributed by atoms with van der Waals surface area (Å²) in [7, 11) is 0. The molecule has 27 heavy (non-hydrogen) atoms. The van der Waals surface area contributed by atoms with E-state index in [0.717, 1.165) is 16.8 Å². The molecule has 3 heterocycles. The molecule has 1 aliphatic carbocycles. The third-order valence-corrected chi connectivity index (χ3v) is 5.29. The Bertz CT molecular complexity index is 1110. The number of benzene rings is 1. The van der Waals surface area contributed by atoms with Gasteiger partial charge in [0.1, 0.15) is 22.8 Å². The molecule has 5 rings (SSSR count). The van der Waals surface area contributed by atoms with E-state index in [0.29, 0.717) is 19.5 Å². The Morgan fingerprint density at radius 3 is 2.56 bits per heavy atom. The molecule has 8 nitrogen and oxygen atoms in total. The van der Waals surface area contributed by atoms with E-state index in [9.17, 15) is 18.4 Å². The summed E-state index contributed by atoms with van der Waals surface area (Å²) in [5.74, 6) is -1.06. The molecule has 0 bridgehead atoms. The van der Waals surface area contributed by atoms with Crippen molar-refractivity contribution in [2.24, 2.45) is 11.8 Å². The lowest BCUT2D eigenvalue weighted by Crippen LogP contribution is -2.26. The maximum Gasteiger partial charge on any atom is 0.298 e. The first-order valence-corrected chi connectivity index (χ1v) is 8.42. The van der Waals surface area contributed by atoms with Crippen LogP contribution in [0.5, 0.6) is 0 Å². The number of halogens is 2. The van der Waals surface area contributed by atoms with Crippen LogP contribution < -0.4 is 5.56 Å². The Kier molecular flexibility index (Phi) is 3.44. The molecule has 2 aliphatic rings. The number of carbonyl (C=O) groups excluding carboxylic acids is 1. The van der Waals surface area contributed by atoms with E-state index in [2.05, 4.69) is 15.4 Å². The van der Waals surface area contributed by atoms with Crippen LogP contribution >= 0.6 is 0 Å². The van der Waals surface area contributed by atoms with Gasteiger partial charge in [0.15, 0.2) is 11.8 Å². The van der Waals surface area contributed by atoms with Gasteiger partial charge in [-0.05, 0) is 12.1 Å². The Balaban J connectivity index is 1.60. The first kappa shape index (κ1) is 16.2. The minimum absolute atomic E-state index is 0.0186. The fourth-order valence-corrected chi connectivity index (χ4v) is 3.79. The number of rotatable bonds is 4. The molecule has 3 aromatic rings. The highest BCUT2D eigenvalue weighted by Gasteiger charge is 2.56. The summed E-state index contributed by atoms with van der Waals surface area (Å²) in [6.45, 7) is 0.801. The van der Waals surface area contributed by atoms with Gasteiger partial charge in [-0.2, -0.15) is 5.10 Å². The second kappa shape index (κ2) is 5.74. The van der Waals surface area contributed by atoms with Gasteiger partial charge in [0.2, 0.25) is 0 Å². The number of ether oxygens (including phenoxy) is 1. The molecule has 0 N–H and O–H groups in total. The third kappa shape index (κ3) is 2.33. The molecule has 0 spiro atoms. The Morgan fingerprint density at radius 2 is 1.89 bits per heavy atom. The monoisotopic (exact) mass is 373 g/mol. The van der Waals surface area contributed by atoms with E-state index in [1.807, 2.05) is 0 Å². The minimum atomic E-state index is -0.763. The van der Waals surface area contributed by atoms with Crippen molar-refractivity contribution in [2.75, 3.05) is 13.2 Å². The van der Waals surface area contributed by atoms with Crippen molar-refractivity contribution >= 4 is 17.3 Å². The lowest BCUT2D eigenvalue weighted by Gasteiger charge is -2.06. The highest BCUT2D eigenvalue weighted by molar-refractivity contribution is 5.91. The van der Waals surface area contributed by atoms with Crippen molar-refractivity contribution in [2.45, 2.75) is 12.6 Å². The average molecular weight is 373 g/mol. The largest absolute Gasteiger partial charge is 0.381 e. The molecule has 0 unspecified atom stereocenters. The molecule has 2 fully saturated rings. The molecule has 1 aliphatic heterocycles. The van der Waals surface area contributed by atoms with Gasteiger partial charge in [-0.3, -0.25) is 14.3 Å². The van der Waals surface area contributed by atoms with Crippen LogP contribution in [-0.2, 0) is 11.3 Å². The Labute approximate surface area is 150 Å². The van der Waals surface area contributed by atoms with Crippen molar-refractivity contribution in [1.29, 1.82) is 0 Å². The van der Waals surface area contributed by atoms with Gasteiger partial charge in [0, 0.05) is 17.4 Å². The summed E-state index contributed by atoms with van der Waals surface area (Å²) in [6, 6.07) is 3.39. The van der Waals surface area contributed by atoms with Crippen LogP contribution in [0.1, 0.15) is 22.1 Å². The van der Waals surface area contributed by atoms with E-state index in [1.165, 1.54) is 10.7 Å². The van der Waals surface area contributed by atoms with Crippen LogP contribution in [0.15, 0.2) is 23.0 Å². The molecule has 1 saturated heterocycles. The summed E-state index contributed by atoms with van der Waals surface area (Å²) in [5, 5.41) is 12.0. The molecular weight excluding hydrogens is 360 g/mol. The number of aldehydes is 1. The van der Waals surface area contributed by atoms with E-state index in [4.69, 9.17) is 4.74 Å². The summed E-state index contributed by atoms with van der Waals surface area (Å²) < 4.78 is 35.6. The van der Waals surface area contributed by atoms with Crippen molar-refractivity contribution in [1.82, 2.24) is 24.8 Å². The Hall–Kier alpha value is -3.01. The lowest BCUT2D eigenvalue weighted by atomic mass is 10.2. The second-order valence-electron chi connectivity index (χ2n) is 6.75. The van der Waals surface area contributed by atoms with E-state index in [1.54, 1.807) is 0 Å². The minimum Gasteiger partial charge on any atom is -0.381 e. The topological polar surface area (TPSA) is 91.9 Å². The molecular formula is C17H13F2N5O3. The number of aromatic nitrogens is 5. The summed E-state index contributed by atoms with van der Waals surface area (Å²) in [5.41, 5.74) is -0.811. The molecule has 10 heteroatoms. The molecule has 3 atom stereocenters. The van der Waals surface area contributed by atoms with Crippen LogP contribution in [-0.4, -0.2) is 44.3 Å². The number of hydrogen-bond donors (Lipinski definition) is 0. The van der Waals surface area contributed by atoms with Gasteiger partial charge >= 0.3 is 0 Å². The highest BCUT2D eigenvalue weighted by atomic mass is 19.1. The zero-order valence-electron chi connectivity index (χ0n) is 13.9. The quantitative estimate of drug-likeness (QED) is 0.632. The number of fused-ring (bicyclic) bond motifs is 2. The van der Waals surface area contributed by atoms with Crippen LogP contribution in [0.25, 0.3) is 11.0 Å². The SMILES string of the molecule is O=Cc1c2nnn([C@@H]3[C@@H]4COC[C@@H]43)c(=O)c2nn1Cc1c(F)cccc1F. The average Bonchev–Trinajstić information content (AvgIpc) is 3.00. The summed E-state index contributed by atoms with van der Waals surface area (Å²) in [4.78, 5) is 24.3. The van der Waals surface area contributed by atoms with Gasteiger partial charge in [0.25, 0.3) is 5.56 Å². The van der Waals surface area contributed by atoms with Gasteiger partial charge in [-0.15, -0.1) is 5.10 Å². The first-order valence-electron chi connectivity index (χ1n) is 8.42. The van der Waals surface area contributed by atoms with Crippen LogP contribution in [0.3, 0.4) is 0 Å². The Morgan fingerprint density at radius 1 is 1.19 bits per heavy atom. The first-order chi connectivity index (χ1) is 13.1. The normalized spacial score (nSPS) is 23.6. The maximum absolute atomic E-state index is 13.9. The molecule has 2 aromatic heterocycles. The van der Waals surface area contributed by atoms with Gasteiger partial charge in [0.05, 0.1) is 25.8 Å². The third-order valence-electron chi connectivity index (χ3n) is 5.29. The number of carbonyl (C=O) groups is 1. The van der Waals surface area contributed by atoms with Gasteiger partial charge in [-0.25, -0.2) is 13.5 Å². The molecule has 138 valence electrons. The van der Waals surface area contributed by atoms with E-state index in [-0.39, 0.29) is 46.7 Å². The smallest absolute Gasteiger partial charge is 0.298 e. The van der Waals surface area contributed by atoms with Crippen molar-refractivity contribution in [3.05, 3.63) is 51.4 Å².